The lowest BCUT2D eigenvalue weighted by atomic mass is 10.1. The molecule has 2 rings (SSSR count). The van der Waals surface area contributed by atoms with Crippen LogP contribution in [0, 0.1) is 10.1 Å². The molecule has 0 bridgehead atoms. The molecule has 1 saturated heterocycles. The molecule has 0 radical (unpaired) electrons. The van der Waals surface area contributed by atoms with Gasteiger partial charge < -0.3 is 9.47 Å². The number of nitro groups is 1. The van der Waals surface area contributed by atoms with E-state index < -0.39 is 4.92 Å². The summed E-state index contributed by atoms with van der Waals surface area (Å²) in [5.74, 6) is 0.103. The summed E-state index contributed by atoms with van der Waals surface area (Å²) in [5, 5.41) is 10.8. The van der Waals surface area contributed by atoms with Gasteiger partial charge >= 0.3 is 0 Å². The van der Waals surface area contributed by atoms with Gasteiger partial charge in [-0.3, -0.25) is 14.9 Å². The second-order valence-electron chi connectivity index (χ2n) is 4.79. The molecule has 1 aromatic carbocycles. The van der Waals surface area contributed by atoms with E-state index in [1.54, 1.807) is 0 Å². The molecule has 6 heteroatoms. The lowest BCUT2D eigenvalue weighted by molar-refractivity contribution is -0.385. The van der Waals surface area contributed by atoms with Crippen LogP contribution in [0.15, 0.2) is 18.2 Å². The largest absolute Gasteiger partial charge is 0.491 e. The molecule has 108 valence electrons. The Morgan fingerprint density at radius 3 is 2.90 bits per heavy atom. The number of rotatable bonds is 5. The summed E-state index contributed by atoms with van der Waals surface area (Å²) < 4.78 is 11.1. The molecular weight excluding hydrogens is 262 g/mol. The molecule has 1 atom stereocenters. The highest BCUT2D eigenvalue weighted by molar-refractivity contribution is 5.98. The van der Waals surface area contributed by atoms with E-state index in [0.29, 0.717) is 12.4 Å². The third kappa shape index (κ3) is 3.54. The van der Waals surface area contributed by atoms with Crippen molar-refractivity contribution in [1.29, 1.82) is 0 Å². The zero-order chi connectivity index (χ0) is 14.5. The van der Waals surface area contributed by atoms with Crippen molar-refractivity contribution in [2.24, 2.45) is 0 Å². The molecule has 1 aliphatic rings. The van der Waals surface area contributed by atoms with Gasteiger partial charge in [-0.25, -0.2) is 0 Å². The summed E-state index contributed by atoms with van der Waals surface area (Å²) in [5.41, 5.74) is -0.129. The van der Waals surface area contributed by atoms with Gasteiger partial charge in [0, 0.05) is 12.7 Å². The zero-order valence-electron chi connectivity index (χ0n) is 11.3. The monoisotopic (exact) mass is 279 g/mol. The van der Waals surface area contributed by atoms with E-state index in [2.05, 4.69) is 0 Å². The van der Waals surface area contributed by atoms with Crippen molar-refractivity contribution in [3.63, 3.8) is 0 Å². The van der Waals surface area contributed by atoms with Crippen molar-refractivity contribution in [3.8, 4) is 5.75 Å². The molecule has 1 heterocycles. The maximum absolute atomic E-state index is 11.4. The zero-order valence-corrected chi connectivity index (χ0v) is 11.3. The highest BCUT2D eigenvalue weighted by Gasteiger charge is 2.19. The van der Waals surface area contributed by atoms with Gasteiger partial charge in [0.25, 0.3) is 5.69 Å². The normalized spacial score (nSPS) is 18.6. The fraction of sp³-hybridized carbons (Fsp3) is 0.500. The predicted octanol–water partition coefficient (Wildman–Crippen LogP) is 2.75. The minimum atomic E-state index is -0.565. The minimum Gasteiger partial charge on any atom is -0.491 e. The Labute approximate surface area is 116 Å². The Hall–Kier alpha value is -1.95. The second kappa shape index (κ2) is 6.47. The lowest BCUT2D eigenvalue weighted by Crippen LogP contribution is -2.25. The number of carbonyl (C=O) groups is 1. The highest BCUT2D eigenvalue weighted by Crippen LogP contribution is 2.25. The van der Waals surface area contributed by atoms with Gasteiger partial charge in [-0.05, 0) is 38.3 Å². The van der Waals surface area contributed by atoms with Crippen LogP contribution in [0.1, 0.15) is 36.5 Å². The van der Waals surface area contributed by atoms with Crippen LogP contribution in [0.25, 0.3) is 0 Å². The van der Waals surface area contributed by atoms with Crippen LogP contribution >= 0.6 is 0 Å². The predicted molar refractivity (Wildman–Crippen MR) is 72.2 cm³/mol. The van der Waals surface area contributed by atoms with E-state index in [9.17, 15) is 14.9 Å². The SMILES string of the molecule is CC(=O)c1cc(OCC2CCCCO2)ccc1[N+](=O)[O-]. The summed E-state index contributed by atoms with van der Waals surface area (Å²) in [4.78, 5) is 21.7. The summed E-state index contributed by atoms with van der Waals surface area (Å²) >= 11 is 0. The fourth-order valence-electron chi connectivity index (χ4n) is 2.17. The Bertz CT molecular complexity index is 508. The molecule has 0 aromatic heterocycles. The molecule has 20 heavy (non-hydrogen) atoms. The van der Waals surface area contributed by atoms with Gasteiger partial charge in [0.15, 0.2) is 5.78 Å². The molecule has 0 aliphatic carbocycles. The van der Waals surface area contributed by atoms with Crippen molar-refractivity contribution in [2.45, 2.75) is 32.3 Å². The van der Waals surface area contributed by atoms with Gasteiger partial charge in [0.2, 0.25) is 0 Å². The van der Waals surface area contributed by atoms with E-state index in [1.807, 2.05) is 0 Å². The van der Waals surface area contributed by atoms with Crippen LogP contribution in [-0.2, 0) is 4.74 Å². The first kappa shape index (κ1) is 14.5. The van der Waals surface area contributed by atoms with Crippen LogP contribution in [0.3, 0.4) is 0 Å². The second-order valence-corrected chi connectivity index (χ2v) is 4.79. The van der Waals surface area contributed by atoms with Crippen LogP contribution in [0.2, 0.25) is 0 Å². The molecule has 1 unspecified atom stereocenters. The topological polar surface area (TPSA) is 78.7 Å². The summed E-state index contributed by atoms with van der Waals surface area (Å²) in [7, 11) is 0. The van der Waals surface area contributed by atoms with Crippen LogP contribution in [0.4, 0.5) is 5.69 Å². The number of hydrogen-bond acceptors (Lipinski definition) is 5. The van der Waals surface area contributed by atoms with Gasteiger partial charge in [-0.2, -0.15) is 0 Å². The molecule has 0 spiro atoms. The molecule has 1 fully saturated rings. The first-order chi connectivity index (χ1) is 9.58. The summed E-state index contributed by atoms with van der Waals surface area (Å²) in [6, 6.07) is 4.23. The van der Waals surface area contributed by atoms with E-state index in [4.69, 9.17) is 9.47 Å². The molecule has 0 N–H and O–H groups in total. The summed E-state index contributed by atoms with van der Waals surface area (Å²) in [6.07, 6.45) is 3.20. The smallest absolute Gasteiger partial charge is 0.280 e. The minimum absolute atomic E-state index is 0.0553. The maximum Gasteiger partial charge on any atom is 0.280 e. The molecule has 1 aliphatic heterocycles. The number of ether oxygens (including phenoxy) is 2. The Morgan fingerprint density at radius 2 is 2.30 bits per heavy atom. The van der Waals surface area contributed by atoms with Gasteiger partial charge in [0.05, 0.1) is 16.6 Å². The lowest BCUT2D eigenvalue weighted by Gasteiger charge is -2.22. The Morgan fingerprint density at radius 1 is 1.50 bits per heavy atom. The van der Waals surface area contributed by atoms with Gasteiger partial charge in [0.1, 0.15) is 12.4 Å². The van der Waals surface area contributed by atoms with Crippen LogP contribution in [-0.4, -0.2) is 30.0 Å². The van der Waals surface area contributed by atoms with E-state index in [0.717, 1.165) is 25.9 Å². The number of nitro benzene ring substituents is 1. The summed E-state index contributed by atoms with van der Waals surface area (Å²) in [6.45, 7) is 2.44. The average molecular weight is 279 g/mol. The number of benzene rings is 1. The van der Waals surface area contributed by atoms with Crippen LogP contribution in [0.5, 0.6) is 5.75 Å². The van der Waals surface area contributed by atoms with Crippen molar-refractivity contribution in [1.82, 2.24) is 0 Å². The highest BCUT2D eigenvalue weighted by atomic mass is 16.6. The quantitative estimate of drug-likeness (QED) is 0.470. The third-order valence-electron chi connectivity index (χ3n) is 3.25. The number of carbonyl (C=O) groups excluding carboxylic acids is 1. The number of Topliss-reactive ketones (excluding diaryl/α,β-unsaturated/α-hetero) is 1. The van der Waals surface area contributed by atoms with E-state index in [1.165, 1.54) is 25.1 Å². The van der Waals surface area contributed by atoms with Crippen LogP contribution < -0.4 is 4.74 Å². The number of ketones is 1. The average Bonchev–Trinajstić information content (AvgIpc) is 2.45. The fourth-order valence-corrected chi connectivity index (χ4v) is 2.17. The maximum atomic E-state index is 11.4. The molecular formula is C14H17NO5. The first-order valence-electron chi connectivity index (χ1n) is 6.61. The van der Waals surface area contributed by atoms with Crippen molar-refractivity contribution < 1.29 is 19.2 Å². The third-order valence-corrected chi connectivity index (χ3v) is 3.25. The Balaban J connectivity index is 2.06. The standard InChI is InChI=1S/C14H17NO5/c1-10(16)13-8-11(5-6-14(13)15(17)18)20-9-12-4-2-3-7-19-12/h5-6,8,12H,2-4,7,9H2,1H3. The first-order valence-corrected chi connectivity index (χ1v) is 6.61. The molecule has 6 nitrogen and oxygen atoms in total. The van der Waals surface area contributed by atoms with Gasteiger partial charge in [-0.1, -0.05) is 0 Å². The number of nitrogens with zero attached hydrogens (tertiary/aromatic N) is 1. The molecule has 1 aromatic rings. The molecule has 0 saturated carbocycles. The molecule has 0 amide bonds. The number of hydrogen-bond donors (Lipinski definition) is 0. The van der Waals surface area contributed by atoms with Crippen molar-refractivity contribution in [3.05, 3.63) is 33.9 Å². The van der Waals surface area contributed by atoms with Crippen molar-refractivity contribution in [2.75, 3.05) is 13.2 Å². The van der Waals surface area contributed by atoms with Gasteiger partial charge in [-0.15, -0.1) is 0 Å². The van der Waals surface area contributed by atoms with E-state index in [-0.39, 0.29) is 23.1 Å². The van der Waals surface area contributed by atoms with E-state index >= 15 is 0 Å². The Kier molecular flexibility index (Phi) is 4.68. The van der Waals surface area contributed by atoms with Crippen molar-refractivity contribution >= 4 is 11.5 Å².